The highest BCUT2D eigenvalue weighted by Gasteiger charge is 2.33. The number of nitrogens with one attached hydrogen (secondary N) is 3. The highest BCUT2D eigenvalue weighted by atomic mass is 32.1. The molecule has 3 amide bonds. The van der Waals surface area contributed by atoms with Gasteiger partial charge < -0.3 is 16.0 Å². The molecule has 0 saturated carbocycles. The van der Waals surface area contributed by atoms with Crippen molar-refractivity contribution in [3.63, 3.8) is 0 Å². The minimum Gasteiger partial charge on any atom is -0.324 e. The normalized spacial score (nSPS) is 15.8. The van der Waals surface area contributed by atoms with E-state index in [9.17, 15) is 9.59 Å². The number of anilines is 3. The van der Waals surface area contributed by atoms with E-state index in [1.165, 1.54) is 11.3 Å². The number of aromatic nitrogens is 2. The molecule has 0 fully saturated rings. The lowest BCUT2D eigenvalue weighted by Gasteiger charge is -2.28. The largest absolute Gasteiger partial charge is 0.331 e. The molecule has 0 saturated heterocycles. The van der Waals surface area contributed by atoms with Gasteiger partial charge in [-0.3, -0.25) is 14.7 Å². The predicted molar refractivity (Wildman–Crippen MR) is 122 cm³/mol. The van der Waals surface area contributed by atoms with Crippen LogP contribution in [0.15, 0.2) is 42.4 Å². The van der Waals surface area contributed by atoms with Gasteiger partial charge in [0.1, 0.15) is 9.71 Å². The minimum absolute atomic E-state index is 0.237. The summed E-state index contributed by atoms with van der Waals surface area (Å²) in [5.41, 5.74) is 3.70. The summed E-state index contributed by atoms with van der Waals surface area (Å²) in [4.78, 5) is 37.8. The second-order valence-electron chi connectivity index (χ2n) is 7.82. The molecule has 0 unspecified atom stereocenters. The second kappa shape index (κ2) is 7.75. The average molecular weight is 435 g/mol. The van der Waals surface area contributed by atoms with Crippen LogP contribution in [0, 0.1) is 0 Å². The second-order valence-corrected chi connectivity index (χ2v) is 8.82. The maximum Gasteiger partial charge on any atom is 0.331 e. The molecule has 3 aromatic rings. The number of nitrogens with zero attached hydrogens (tertiary/aromatic N) is 3. The number of urea groups is 1. The Bertz CT molecular complexity index is 1230. The monoisotopic (exact) mass is 434 g/mol. The van der Waals surface area contributed by atoms with Crippen LogP contribution in [-0.2, 0) is 0 Å². The summed E-state index contributed by atoms with van der Waals surface area (Å²) in [5, 5.41) is 9.90. The van der Waals surface area contributed by atoms with Gasteiger partial charge in [-0.2, -0.15) is 0 Å². The molecule has 2 aliphatic rings. The van der Waals surface area contributed by atoms with E-state index in [-0.39, 0.29) is 17.9 Å². The molecule has 0 radical (unpaired) electrons. The van der Waals surface area contributed by atoms with Gasteiger partial charge in [-0.25, -0.2) is 9.78 Å². The third-order valence-electron chi connectivity index (χ3n) is 5.37. The number of hydrogen-bond donors (Lipinski definition) is 3. The van der Waals surface area contributed by atoms with Gasteiger partial charge >= 0.3 is 6.03 Å². The maximum atomic E-state index is 13.2. The van der Waals surface area contributed by atoms with Crippen LogP contribution < -0.4 is 20.9 Å². The van der Waals surface area contributed by atoms with Crippen LogP contribution in [0.4, 0.5) is 21.9 Å². The van der Waals surface area contributed by atoms with E-state index in [1.807, 2.05) is 24.3 Å². The maximum absolute atomic E-state index is 13.2. The molecule has 5 heterocycles. The van der Waals surface area contributed by atoms with Crippen LogP contribution in [0.2, 0.25) is 0 Å². The van der Waals surface area contributed by atoms with Crippen molar-refractivity contribution in [2.45, 2.75) is 26.2 Å². The highest BCUT2D eigenvalue weighted by molar-refractivity contribution is 7.21. The summed E-state index contributed by atoms with van der Waals surface area (Å²) < 4.78 is 0. The van der Waals surface area contributed by atoms with Crippen molar-refractivity contribution in [1.82, 2.24) is 20.6 Å². The Labute approximate surface area is 183 Å². The van der Waals surface area contributed by atoms with Gasteiger partial charge in [-0.1, -0.05) is 19.9 Å². The van der Waals surface area contributed by atoms with E-state index < -0.39 is 0 Å². The summed E-state index contributed by atoms with van der Waals surface area (Å²) >= 11 is 1.28. The lowest BCUT2D eigenvalue weighted by Crippen LogP contribution is -2.35. The lowest BCUT2D eigenvalue weighted by molar-refractivity contribution is 0.0969. The highest BCUT2D eigenvalue weighted by Crippen LogP contribution is 2.45. The van der Waals surface area contributed by atoms with E-state index >= 15 is 0 Å². The lowest BCUT2D eigenvalue weighted by atomic mass is 10.1. The number of rotatable bonds is 4. The molecule has 0 spiro atoms. The van der Waals surface area contributed by atoms with Crippen molar-refractivity contribution < 1.29 is 9.59 Å². The van der Waals surface area contributed by atoms with Crippen LogP contribution in [0.25, 0.3) is 10.2 Å². The molecular weight excluding hydrogens is 412 g/mol. The average Bonchev–Trinajstić information content (AvgIpc) is 3.14. The summed E-state index contributed by atoms with van der Waals surface area (Å²) in [6.07, 6.45) is 6.28. The van der Waals surface area contributed by atoms with Crippen molar-refractivity contribution >= 4 is 50.6 Å². The Morgan fingerprint density at radius 3 is 2.87 bits per heavy atom. The summed E-state index contributed by atoms with van der Waals surface area (Å²) in [6, 6.07) is 5.23. The zero-order valence-corrected chi connectivity index (χ0v) is 18.0. The number of pyridine rings is 2. The van der Waals surface area contributed by atoms with Crippen molar-refractivity contribution in [3.8, 4) is 0 Å². The predicted octanol–water partition coefficient (Wildman–Crippen LogP) is 4.11. The van der Waals surface area contributed by atoms with Gasteiger partial charge in [0, 0.05) is 30.3 Å². The van der Waals surface area contributed by atoms with E-state index in [4.69, 9.17) is 0 Å². The number of carbonyl (C=O) groups is 2. The fourth-order valence-electron chi connectivity index (χ4n) is 3.83. The van der Waals surface area contributed by atoms with Gasteiger partial charge in [-0.15, -0.1) is 11.3 Å². The molecule has 5 rings (SSSR count). The number of carbonyl (C=O) groups excluding carboxylic acids is 2. The van der Waals surface area contributed by atoms with Crippen LogP contribution in [-0.4, -0.2) is 35.0 Å². The Balaban J connectivity index is 1.58. The molecule has 0 aromatic carbocycles. The van der Waals surface area contributed by atoms with Gasteiger partial charge in [0.05, 0.1) is 22.4 Å². The van der Waals surface area contributed by atoms with E-state index in [1.54, 1.807) is 17.3 Å². The van der Waals surface area contributed by atoms with Crippen LogP contribution in [0.3, 0.4) is 0 Å². The molecule has 0 bridgehead atoms. The zero-order chi connectivity index (χ0) is 21.5. The van der Waals surface area contributed by atoms with E-state index in [0.29, 0.717) is 27.6 Å². The first-order valence-electron chi connectivity index (χ1n) is 10.2. The van der Waals surface area contributed by atoms with Crippen LogP contribution in [0.1, 0.15) is 41.6 Å². The number of hydrogen-bond acceptors (Lipinski definition) is 6. The van der Waals surface area contributed by atoms with Gasteiger partial charge in [-0.05, 0) is 37.1 Å². The molecule has 9 heteroatoms. The summed E-state index contributed by atoms with van der Waals surface area (Å²) in [5.74, 6) is -0.000459. The molecule has 3 N–H and O–H groups in total. The number of amides is 3. The first-order chi connectivity index (χ1) is 15.0. The van der Waals surface area contributed by atoms with Crippen molar-refractivity contribution in [1.29, 1.82) is 0 Å². The molecule has 0 atom stereocenters. The fourth-order valence-corrected chi connectivity index (χ4v) is 4.85. The van der Waals surface area contributed by atoms with Crippen LogP contribution >= 0.6 is 11.3 Å². The Morgan fingerprint density at radius 2 is 2.10 bits per heavy atom. The Hall–Kier alpha value is -3.30. The van der Waals surface area contributed by atoms with Gasteiger partial charge in [0.15, 0.2) is 0 Å². The van der Waals surface area contributed by atoms with Crippen LogP contribution in [0.5, 0.6) is 0 Å². The molecule has 3 aromatic heterocycles. The quantitative estimate of drug-likeness (QED) is 0.574. The van der Waals surface area contributed by atoms with Gasteiger partial charge in [0.2, 0.25) is 0 Å². The zero-order valence-electron chi connectivity index (χ0n) is 17.2. The minimum atomic E-state index is -0.313. The Morgan fingerprint density at radius 1 is 1.26 bits per heavy atom. The van der Waals surface area contributed by atoms with Gasteiger partial charge in [0.25, 0.3) is 5.91 Å². The molecule has 0 aliphatic carbocycles. The van der Waals surface area contributed by atoms with E-state index in [2.05, 4.69) is 39.8 Å². The SMILES string of the molecule is CC(C)c1cc(N2C(=O)Nc3c(C(=O)NC4=CCCNC4)sc4nccc2c34)ccn1. The van der Waals surface area contributed by atoms with E-state index in [0.717, 1.165) is 35.4 Å². The fraction of sp³-hybridized carbons (Fsp3) is 0.273. The first-order valence-corrected chi connectivity index (χ1v) is 11.0. The van der Waals surface area contributed by atoms with Crippen molar-refractivity contribution in [2.24, 2.45) is 0 Å². The third kappa shape index (κ3) is 3.45. The molecule has 2 aliphatic heterocycles. The Kier molecular flexibility index (Phi) is 4.91. The first kappa shape index (κ1) is 19.7. The smallest absolute Gasteiger partial charge is 0.324 e. The topological polar surface area (TPSA) is 99.2 Å². The standard InChI is InChI=1S/C22H22N6O2S/c1-12(2)15-10-14(5-8-24-15)28-16-6-9-25-21-17(16)18(27-22(28)30)19(31-21)20(29)26-13-4-3-7-23-11-13/h4-6,8-10,12,23H,3,7,11H2,1-2H3,(H,26,29)(H,27,30). The van der Waals surface area contributed by atoms with Crippen molar-refractivity contribution in [2.75, 3.05) is 23.3 Å². The summed E-state index contributed by atoms with van der Waals surface area (Å²) in [7, 11) is 0. The molecule has 31 heavy (non-hydrogen) atoms. The summed E-state index contributed by atoms with van der Waals surface area (Å²) in [6.45, 7) is 5.65. The number of thiophene rings is 1. The third-order valence-corrected chi connectivity index (χ3v) is 6.46. The molecular formula is C22H22N6O2S. The van der Waals surface area contributed by atoms with Crippen molar-refractivity contribution in [3.05, 3.63) is 52.9 Å². The molecule has 158 valence electrons. The molecule has 8 nitrogen and oxygen atoms in total.